The number of ether oxygens (including phenoxy) is 1. The molecular formula is C9H13N3O. The van der Waals surface area contributed by atoms with Gasteiger partial charge >= 0.3 is 5.71 Å². The van der Waals surface area contributed by atoms with Crippen LogP contribution in [0.5, 0.6) is 0 Å². The largest absolute Gasteiger partial charge is 0.486 e. The molecule has 0 saturated heterocycles. The molecule has 1 rings (SSSR count). The molecule has 1 aliphatic carbocycles. The molecule has 0 spiro atoms. The maximum atomic E-state index is 8.64. The number of hydrogen-bond donors (Lipinski definition) is 1. The second-order valence-corrected chi connectivity index (χ2v) is 2.93. The van der Waals surface area contributed by atoms with Crippen molar-refractivity contribution < 1.29 is 9.53 Å². The van der Waals surface area contributed by atoms with E-state index in [0.29, 0.717) is 36.6 Å². The molecule has 0 aromatic heterocycles. The summed E-state index contributed by atoms with van der Waals surface area (Å²) in [7, 11) is 0. The van der Waals surface area contributed by atoms with Crippen molar-refractivity contribution in [2.24, 2.45) is 0 Å². The van der Waals surface area contributed by atoms with Crippen molar-refractivity contribution in [3.05, 3.63) is 17.4 Å². The predicted octanol–water partition coefficient (Wildman–Crippen LogP) is 1.78. The lowest BCUT2D eigenvalue weighted by Gasteiger charge is -2.10. The normalized spacial score (nSPS) is 16.5. The first-order valence-corrected chi connectivity index (χ1v) is 4.41. The topological polar surface area (TPSA) is 69.5 Å². The molecule has 0 atom stereocenters. The van der Waals surface area contributed by atoms with Crippen LogP contribution in [0.1, 0.15) is 26.2 Å². The zero-order valence-corrected chi connectivity index (χ0v) is 7.71. The summed E-state index contributed by atoms with van der Waals surface area (Å²) in [4.78, 5) is 3.14. The summed E-state index contributed by atoms with van der Waals surface area (Å²) in [5, 5.41) is 7.43. The number of nitrogens with one attached hydrogen (secondary N) is 1. The van der Waals surface area contributed by atoms with Crippen LogP contribution in [-0.2, 0) is 4.74 Å². The van der Waals surface area contributed by atoms with Gasteiger partial charge in [0.15, 0.2) is 0 Å². The summed E-state index contributed by atoms with van der Waals surface area (Å²) < 4.78 is 5.34. The van der Waals surface area contributed by atoms with Crippen molar-refractivity contribution >= 4 is 11.4 Å². The zero-order valence-electron chi connectivity index (χ0n) is 7.71. The van der Waals surface area contributed by atoms with Gasteiger partial charge in [0.05, 0.1) is 13.0 Å². The van der Waals surface area contributed by atoms with Crippen LogP contribution in [0.15, 0.2) is 11.8 Å². The lowest BCUT2D eigenvalue weighted by atomic mass is 10.0. The lowest BCUT2D eigenvalue weighted by Crippen LogP contribution is -2.16. The first kappa shape index (κ1) is 9.68. The molecule has 0 aliphatic heterocycles. The summed E-state index contributed by atoms with van der Waals surface area (Å²) in [6.45, 7) is 2.60. The molecule has 0 radical (unpaired) electrons. The van der Waals surface area contributed by atoms with Crippen LogP contribution in [0.25, 0.3) is 5.53 Å². The van der Waals surface area contributed by atoms with Gasteiger partial charge in [-0.3, -0.25) is 0 Å². The van der Waals surface area contributed by atoms with Gasteiger partial charge < -0.3 is 15.7 Å². The highest BCUT2D eigenvalue weighted by Crippen LogP contribution is 2.12. The van der Waals surface area contributed by atoms with Gasteiger partial charge in [-0.2, -0.15) is 4.79 Å². The molecule has 1 N–H and O–H groups in total. The highest BCUT2D eigenvalue weighted by Gasteiger charge is 2.22. The van der Waals surface area contributed by atoms with Crippen LogP contribution >= 0.6 is 0 Å². The Morgan fingerprint density at radius 3 is 3.00 bits per heavy atom. The first-order chi connectivity index (χ1) is 6.27. The second kappa shape index (κ2) is 4.58. The van der Waals surface area contributed by atoms with E-state index in [1.54, 1.807) is 6.08 Å². The van der Waals surface area contributed by atoms with Crippen LogP contribution in [0.3, 0.4) is 0 Å². The Morgan fingerprint density at radius 1 is 1.62 bits per heavy atom. The van der Waals surface area contributed by atoms with E-state index >= 15 is 0 Å². The molecule has 0 amide bonds. The highest BCUT2D eigenvalue weighted by atomic mass is 16.5. The summed E-state index contributed by atoms with van der Waals surface area (Å²) in [6.07, 6.45) is 3.74. The maximum Gasteiger partial charge on any atom is 0.333 e. The average molecular weight is 179 g/mol. The fourth-order valence-corrected chi connectivity index (χ4v) is 1.13. The number of nitrogens with zero attached hydrogens (tertiary/aromatic N) is 2. The Morgan fingerprint density at radius 2 is 2.38 bits per heavy atom. The summed E-state index contributed by atoms with van der Waals surface area (Å²) in [5.74, 6) is 0.542. The molecule has 0 fully saturated rings. The van der Waals surface area contributed by atoms with Crippen molar-refractivity contribution in [2.45, 2.75) is 26.2 Å². The second-order valence-electron chi connectivity index (χ2n) is 2.93. The highest BCUT2D eigenvalue weighted by molar-refractivity contribution is 6.08. The molecule has 0 aromatic carbocycles. The van der Waals surface area contributed by atoms with E-state index in [0.717, 1.165) is 6.42 Å². The summed E-state index contributed by atoms with van der Waals surface area (Å²) >= 11 is 0. The van der Waals surface area contributed by atoms with E-state index in [1.807, 2.05) is 6.92 Å². The molecule has 0 saturated carbocycles. The predicted molar refractivity (Wildman–Crippen MR) is 49.9 cm³/mol. The molecule has 0 unspecified atom stereocenters. The van der Waals surface area contributed by atoms with Crippen LogP contribution in [0.4, 0.5) is 0 Å². The molecule has 0 aromatic rings. The molecule has 4 nitrogen and oxygen atoms in total. The Bertz CT molecular complexity index is 287. The number of rotatable bonds is 3. The van der Waals surface area contributed by atoms with Gasteiger partial charge in [0.2, 0.25) is 5.76 Å². The van der Waals surface area contributed by atoms with Crippen molar-refractivity contribution in [2.75, 3.05) is 6.61 Å². The third kappa shape index (κ3) is 2.53. The van der Waals surface area contributed by atoms with E-state index in [9.17, 15) is 0 Å². The SMILES string of the molecule is CCCOC1=CC(=N)CCC1=[N+]=[N-]. The van der Waals surface area contributed by atoms with Gasteiger partial charge in [-0.1, -0.05) is 6.92 Å². The third-order valence-corrected chi connectivity index (χ3v) is 1.80. The molecule has 70 valence electrons. The van der Waals surface area contributed by atoms with Crippen molar-refractivity contribution in [3.63, 3.8) is 0 Å². The van der Waals surface area contributed by atoms with E-state index in [2.05, 4.69) is 4.79 Å². The van der Waals surface area contributed by atoms with Crippen molar-refractivity contribution in [3.8, 4) is 0 Å². The van der Waals surface area contributed by atoms with Crippen molar-refractivity contribution in [1.82, 2.24) is 0 Å². The van der Waals surface area contributed by atoms with Gasteiger partial charge in [-0.15, -0.1) is 0 Å². The van der Waals surface area contributed by atoms with E-state index in [4.69, 9.17) is 15.7 Å². The standard InChI is InChI=1S/C9H13N3O/c1-2-5-13-9-6-7(10)3-4-8(9)12-11/h6,10H,2-5H2,1H3. The Hall–Kier alpha value is -1.41. The average Bonchev–Trinajstić information content (AvgIpc) is 2.15. The van der Waals surface area contributed by atoms with Crippen LogP contribution in [0, 0.1) is 5.41 Å². The summed E-state index contributed by atoms with van der Waals surface area (Å²) in [6, 6.07) is 0. The Labute approximate surface area is 77.3 Å². The molecule has 4 heteroatoms. The maximum absolute atomic E-state index is 8.64. The van der Waals surface area contributed by atoms with Crippen LogP contribution < -0.4 is 0 Å². The minimum absolute atomic E-state index is 0.526. The minimum atomic E-state index is 0.526. The van der Waals surface area contributed by atoms with Gasteiger partial charge in [-0.25, -0.2) is 0 Å². The van der Waals surface area contributed by atoms with Crippen LogP contribution in [-0.4, -0.2) is 22.8 Å². The Kier molecular flexibility index (Phi) is 3.41. The molecule has 0 heterocycles. The van der Waals surface area contributed by atoms with Gasteiger partial charge in [0, 0.05) is 18.2 Å². The van der Waals surface area contributed by atoms with Gasteiger partial charge in [-0.05, 0) is 6.42 Å². The lowest BCUT2D eigenvalue weighted by molar-refractivity contribution is -0.0129. The summed E-state index contributed by atoms with van der Waals surface area (Å²) in [5.41, 5.74) is 9.72. The third-order valence-electron chi connectivity index (χ3n) is 1.80. The van der Waals surface area contributed by atoms with Crippen LogP contribution in [0.2, 0.25) is 0 Å². The number of hydrogen-bond acceptors (Lipinski definition) is 2. The zero-order chi connectivity index (χ0) is 9.68. The van der Waals surface area contributed by atoms with Gasteiger partial charge in [0.25, 0.3) is 0 Å². The fraction of sp³-hybridized carbons (Fsp3) is 0.556. The first-order valence-electron chi connectivity index (χ1n) is 4.41. The van der Waals surface area contributed by atoms with Gasteiger partial charge in [0.1, 0.15) is 0 Å². The minimum Gasteiger partial charge on any atom is -0.486 e. The quantitative estimate of drug-likeness (QED) is 0.520. The monoisotopic (exact) mass is 179 g/mol. The Balaban J connectivity index is 2.75. The van der Waals surface area contributed by atoms with E-state index in [-0.39, 0.29) is 0 Å². The smallest absolute Gasteiger partial charge is 0.333 e. The van der Waals surface area contributed by atoms with E-state index < -0.39 is 0 Å². The van der Waals surface area contributed by atoms with E-state index in [1.165, 1.54) is 0 Å². The molecular weight excluding hydrogens is 166 g/mol. The number of allylic oxidation sites excluding steroid dienone is 2. The molecule has 0 bridgehead atoms. The fourth-order valence-electron chi connectivity index (χ4n) is 1.13. The van der Waals surface area contributed by atoms with Crippen molar-refractivity contribution in [1.29, 1.82) is 5.41 Å². The molecule has 13 heavy (non-hydrogen) atoms. The molecule has 1 aliphatic rings.